The van der Waals surface area contributed by atoms with Gasteiger partial charge in [-0.15, -0.1) is 0 Å². The lowest BCUT2D eigenvalue weighted by atomic mass is 9.41. The second kappa shape index (κ2) is 13.2. The van der Waals surface area contributed by atoms with E-state index >= 15 is 0 Å². The van der Waals surface area contributed by atoms with Gasteiger partial charge >= 0.3 is 0 Å². The molecule has 55 heavy (non-hydrogen) atoms. The molecule has 21 atom stereocenters. The molecule has 8 rings (SSSR count). The van der Waals surface area contributed by atoms with E-state index in [0.29, 0.717) is 25.7 Å². The van der Waals surface area contributed by atoms with Crippen LogP contribution >= 0.6 is 0 Å². The van der Waals surface area contributed by atoms with Crippen molar-refractivity contribution >= 4 is 0 Å². The molecule has 0 bridgehead atoms. The van der Waals surface area contributed by atoms with Gasteiger partial charge in [0.1, 0.15) is 42.7 Å². The zero-order valence-corrected chi connectivity index (χ0v) is 33.6. The summed E-state index contributed by atoms with van der Waals surface area (Å²) < 4.78 is 31.9. The van der Waals surface area contributed by atoms with Crippen LogP contribution in [0.15, 0.2) is 0 Å². The van der Waals surface area contributed by atoms with Gasteiger partial charge in [0.2, 0.25) is 0 Å². The Balaban J connectivity index is 1.15. The lowest BCUT2D eigenvalue weighted by Crippen LogP contribution is -2.65. The Kier molecular flexibility index (Phi) is 9.90. The third-order valence-corrected chi connectivity index (χ3v) is 17.6. The summed E-state index contributed by atoms with van der Waals surface area (Å²) in [6.07, 6.45) is -7.48. The highest BCUT2D eigenvalue weighted by molar-refractivity contribution is 5.33. The highest BCUT2D eigenvalue weighted by Crippen LogP contribution is 2.89. The fraction of sp³-hybridized carbons (Fsp3) is 1.00. The van der Waals surface area contributed by atoms with Gasteiger partial charge in [-0.2, -0.15) is 0 Å². The van der Waals surface area contributed by atoms with Crippen LogP contribution in [0, 0.1) is 44.8 Å². The van der Waals surface area contributed by atoms with E-state index in [0.717, 1.165) is 32.1 Å². The number of aliphatic hydroxyl groups excluding tert-OH is 8. The molecule has 0 aromatic carbocycles. The Morgan fingerprint density at radius 3 is 2.05 bits per heavy atom. The summed E-state index contributed by atoms with van der Waals surface area (Å²) >= 11 is 0. The van der Waals surface area contributed by atoms with Gasteiger partial charge in [-0.25, -0.2) is 0 Å². The van der Waals surface area contributed by atoms with Gasteiger partial charge in [0.15, 0.2) is 12.6 Å². The molecule has 8 fully saturated rings. The molecular formula is C41H68O14. The molecule has 0 aromatic heterocycles. The Morgan fingerprint density at radius 1 is 0.709 bits per heavy atom. The van der Waals surface area contributed by atoms with Gasteiger partial charge in [0, 0.05) is 5.92 Å². The summed E-state index contributed by atoms with van der Waals surface area (Å²) in [7, 11) is 0. The molecule has 0 radical (unpaired) electrons. The van der Waals surface area contributed by atoms with E-state index in [2.05, 4.69) is 34.6 Å². The summed E-state index contributed by atoms with van der Waals surface area (Å²) in [5, 5.41) is 97.2. The molecule has 9 N–H and O–H groups in total. The minimum Gasteiger partial charge on any atom is -0.394 e. The van der Waals surface area contributed by atoms with E-state index in [9.17, 15) is 46.0 Å². The fourth-order valence-corrected chi connectivity index (χ4v) is 14.9. The molecule has 0 amide bonds. The Morgan fingerprint density at radius 2 is 1.40 bits per heavy atom. The van der Waals surface area contributed by atoms with Gasteiger partial charge < -0.3 is 69.6 Å². The maximum absolute atomic E-state index is 12.2. The van der Waals surface area contributed by atoms with Crippen molar-refractivity contribution in [1.29, 1.82) is 0 Å². The highest BCUT2D eigenvalue weighted by atomic mass is 16.7. The van der Waals surface area contributed by atoms with Gasteiger partial charge in [0.05, 0.1) is 48.8 Å². The zero-order chi connectivity index (χ0) is 40.1. The average molecular weight is 785 g/mol. The minimum absolute atomic E-state index is 0.0633. The summed E-state index contributed by atoms with van der Waals surface area (Å²) in [4.78, 5) is 0. The van der Waals surface area contributed by atoms with Crippen molar-refractivity contribution in [3.8, 4) is 0 Å². The second-order valence-electron chi connectivity index (χ2n) is 21.1. The van der Waals surface area contributed by atoms with Crippen molar-refractivity contribution in [2.75, 3.05) is 13.2 Å². The van der Waals surface area contributed by atoms with Crippen molar-refractivity contribution < 1.29 is 69.6 Å². The Hall–Kier alpha value is -0.560. The first-order chi connectivity index (χ1) is 25.5. The van der Waals surface area contributed by atoms with Crippen LogP contribution in [0.3, 0.4) is 0 Å². The number of hydrogen-bond acceptors (Lipinski definition) is 14. The van der Waals surface area contributed by atoms with Crippen LogP contribution in [0.5, 0.6) is 0 Å². The smallest absolute Gasteiger partial charge is 0.186 e. The quantitative estimate of drug-likeness (QED) is 0.162. The van der Waals surface area contributed by atoms with Crippen LogP contribution < -0.4 is 0 Å². The molecule has 3 saturated heterocycles. The molecule has 13 unspecified atom stereocenters. The lowest BCUT2D eigenvalue weighted by molar-refractivity contribution is -0.339. The Labute approximate surface area is 324 Å². The summed E-state index contributed by atoms with van der Waals surface area (Å²) in [6, 6.07) is 0. The van der Waals surface area contributed by atoms with Crippen molar-refractivity contribution in [3.05, 3.63) is 0 Å². The standard InChI is InChI=1S/C41H68O14/c1-35(2)24(54-33-29(48)26(45)20(44)17-51-33)9-11-41-18-40(41)13-12-37(5)31(39(7)10-8-25(55-39)36(3,4)50)19(43)15-38(37,6)23(40)14-21(32(35)41)52-34-30(49)28(47)27(46)22(16-42)53-34/h19-34,42-50H,8-18H2,1-7H3/t19-,20?,21-,22?,23?,24?,25-,26?,27?,28?,29?,30?,31?,32?,33?,34?,37+,38-,39+,40-,41+/m0/s1. The van der Waals surface area contributed by atoms with Crippen LogP contribution in [0.2, 0.25) is 0 Å². The van der Waals surface area contributed by atoms with Gasteiger partial charge in [-0.1, -0.05) is 27.7 Å². The molecule has 5 aliphatic carbocycles. The van der Waals surface area contributed by atoms with E-state index < -0.39 is 96.8 Å². The van der Waals surface area contributed by atoms with Gasteiger partial charge in [-0.05, 0) is 117 Å². The van der Waals surface area contributed by atoms with E-state index in [1.807, 2.05) is 0 Å². The SMILES string of the molecule is CC1(C)C(OC2OCC(O)C(O)C2O)CC[C@]23C[C@]24CC[C@]2(C)C([C@@]5(C)CC[C@@H](C(C)(C)O)O5)[C@@H](O)C[C@@]2(C)C4C[C@H](OC2OC(CO)C(O)C(O)C2O)C13. The first-order valence-electron chi connectivity index (χ1n) is 20.9. The minimum atomic E-state index is -1.60. The highest BCUT2D eigenvalue weighted by Gasteiger charge is 2.85. The van der Waals surface area contributed by atoms with Crippen LogP contribution in [0.1, 0.15) is 106 Å². The number of rotatable bonds is 7. The van der Waals surface area contributed by atoms with Crippen LogP contribution in [0.4, 0.5) is 0 Å². The van der Waals surface area contributed by atoms with E-state index in [4.69, 9.17) is 23.7 Å². The molecule has 0 aromatic rings. The maximum Gasteiger partial charge on any atom is 0.186 e. The van der Waals surface area contributed by atoms with Crippen molar-refractivity contribution in [3.63, 3.8) is 0 Å². The van der Waals surface area contributed by atoms with Crippen molar-refractivity contribution in [1.82, 2.24) is 0 Å². The molecule has 3 heterocycles. The van der Waals surface area contributed by atoms with Crippen LogP contribution in [-0.4, -0.2) is 150 Å². The molecule has 14 nitrogen and oxygen atoms in total. The monoisotopic (exact) mass is 784 g/mol. The van der Waals surface area contributed by atoms with Crippen molar-refractivity contribution in [2.24, 2.45) is 44.8 Å². The number of ether oxygens (including phenoxy) is 5. The lowest BCUT2D eigenvalue weighted by Gasteiger charge is -2.65. The van der Waals surface area contributed by atoms with Crippen LogP contribution in [-0.2, 0) is 23.7 Å². The van der Waals surface area contributed by atoms with Crippen molar-refractivity contribution in [2.45, 2.75) is 197 Å². The maximum atomic E-state index is 12.2. The molecular weight excluding hydrogens is 716 g/mol. The molecule has 2 spiro atoms. The number of hydrogen-bond donors (Lipinski definition) is 9. The molecule has 5 saturated carbocycles. The topological polar surface area (TPSA) is 228 Å². The van der Waals surface area contributed by atoms with Gasteiger partial charge in [0.25, 0.3) is 0 Å². The van der Waals surface area contributed by atoms with E-state index in [-0.39, 0.29) is 52.1 Å². The second-order valence-corrected chi connectivity index (χ2v) is 21.1. The van der Waals surface area contributed by atoms with E-state index in [1.165, 1.54) is 0 Å². The Bertz CT molecular complexity index is 1460. The molecule has 8 aliphatic rings. The fourth-order valence-electron chi connectivity index (χ4n) is 14.9. The molecule has 316 valence electrons. The van der Waals surface area contributed by atoms with E-state index in [1.54, 1.807) is 13.8 Å². The summed E-state index contributed by atoms with van der Waals surface area (Å²) in [5.41, 5.74) is -3.16. The first-order valence-corrected chi connectivity index (χ1v) is 20.9. The summed E-state index contributed by atoms with van der Waals surface area (Å²) in [5.74, 6) is -0.215. The third kappa shape index (κ3) is 5.70. The third-order valence-electron chi connectivity index (χ3n) is 17.6. The average Bonchev–Trinajstić information content (AvgIpc) is 3.47. The molecule has 14 heteroatoms. The zero-order valence-electron chi connectivity index (χ0n) is 33.6. The number of fused-ring (bicyclic) bond motifs is 2. The number of aliphatic hydroxyl groups is 9. The normalized spacial score (nSPS) is 58.7. The first kappa shape index (κ1) is 41.2. The summed E-state index contributed by atoms with van der Waals surface area (Å²) in [6.45, 7) is 13.8. The predicted molar refractivity (Wildman–Crippen MR) is 194 cm³/mol. The van der Waals surface area contributed by atoms with Crippen LogP contribution in [0.25, 0.3) is 0 Å². The predicted octanol–water partition coefficient (Wildman–Crippen LogP) is 0.724. The molecule has 3 aliphatic heterocycles. The van der Waals surface area contributed by atoms with Gasteiger partial charge in [-0.3, -0.25) is 0 Å². The largest absolute Gasteiger partial charge is 0.394 e.